The van der Waals surface area contributed by atoms with Crippen molar-refractivity contribution in [1.82, 2.24) is 19.3 Å². The van der Waals surface area contributed by atoms with Gasteiger partial charge in [-0.05, 0) is 49.6 Å². The first-order valence-corrected chi connectivity index (χ1v) is 12.9. The van der Waals surface area contributed by atoms with Crippen molar-refractivity contribution in [1.29, 1.82) is 0 Å². The summed E-state index contributed by atoms with van der Waals surface area (Å²) in [4.78, 5) is 21.1. The van der Waals surface area contributed by atoms with Crippen LogP contribution >= 0.6 is 0 Å². The van der Waals surface area contributed by atoms with Gasteiger partial charge in [0.2, 0.25) is 0 Å². The number of nitrogens with zero attached hydrogens (tertiary/aromatic N) is 3. The number of carbonyl (C=O) groups is 1. The predicted octanol–water partition coefficient (Wildman–Crippen LogP) is 4.71. The highest BCUT2D eigenvalue weighted by molar-refractivity contribution is 7.90. The van der Waals surface area contributed by atoms with E-state index in [1.807, 2.05) is 42.8 Å². The molecule has 35 heavy (non-hydrogen) atoms. The summed E-state index contributed by atoms with van der Waals surface area (Å²) in [5.74, 6) is 1.69. The van der Waals surface area contributed by atoms with Gasteiger partial charge in [-0.3, -0.25) is 0 Å². The number of carbonyl (C=O) groups excluding carboxylic acids is 1. The minimum Gasteiger partial charge on any atom is -0.449 e. The molecule has 0 saturated carbocycles. The lowest BCUT2D eigenvalue weighted by atomic mass is 10.0. The zero-order valence-corrected chi connectivity index (χ0v) is 21.0. The summed E-state index contributed by atoms with van der Waals surface area (Å²) >= 11 is 0. The largest absolute Gasteiger partial charge is 0.449 e. The number of aryl methyl sites for hydroxylation is 3. The molecule has 0 aromatic heterocycles. The Labute approximate surface area is 205 Å². The van der Waals surface area contributed by atoms with Gasteiger partial charge in [-0.2, -0.15) is 0 Å². The number of imidazole rings is 1. The number of amides is 1. The van der Waals surface area contributed by atoms with E-state index in [1.165, 1.54) is 6.07 Å². The summed E-state index contributed by atoms with van der Waals surface area (Å²) in [5, 5.41) is 0. The van der Waals surface area contributed by atoms with Crippen LogP contribution in [0, 0.1) is 13.8 Å². The second kappa shape index (κ2) is 9.87. The minimum atomic E-state index is -4.10. The third-order valence-corrected chi connectivity index (χ3v) is 7.13. The molecular weight excluding hydrogens is 464 g/mol. The average molecular weight is 493 g/mol. The summed E-state index contributed by atoms with van der Waals surface area (Å²) in [6, 6.07) is 16.4. The lowest BCUT2D eigenvalue weighted by Gasteiger charge is -2.17. The molecule has 9 heteroatoms. The molecule has 0 unspecified atom stereocenters. The van der Waals surface area contributed by atoms with Gasteiger partial charge in [0.1, 0.15) is 11.5 Å². The van der Waals surface area contributed by atoms with Crippen LogP contribution in [-0.4, -0.2) is 35.7 Å². The molecule has 0 radical (unpaired) electrons. The van der Waals surface area contributed by atoms with Gasteiger partial charge in [-0.15, -0.1) is 0 Å². The number of fused-ring (bicyclic) bond motifs is 1. The first-order chi connectivity index (χ1) is 16.7. The molecular formula is C26H28N4O4S. The molecule has 0 atom stereocenters. The average Bonchev–Trinajstić information content (AvgIpc) is 3.27. The molecule has 8 nitrogen and oxygen atoms in total. The fourth-order valence-electron chi connectivity index (χ4n) is 4.05. The number of pyridine rings is 1. The summed E-state index contributed by atoms with van der Waals surface area (Å²) < 4.78 is 34.4. The normalized spacial score (nSPS) is 11.5. The van der Waals surface area contributed by atoms with Crippen molar-refractivity contribution < 1.29 is 17.9 Å². The monoisotopic (exact) mass is 492 g/mol. The Kier molecular flexibility index (Phi) is 6.88. The molecule has 2 aliphatic heterocycles. The summed E-state index contributed by atoms with van der Waals surface area (Å²) in [6.45, 7) is 8.43. The van der Waals surface area contributed by atoms with Crippen molar-refractivity contribution in [2.45, 2.75) is 45.6 Å². The van der Waals surface area contributed by atoms with E-state index in [-0.39, 0.29) is 11.5 Å². The van der Waals surface area contributed by atoms with Crippen molar-refractivity contribution >= 4 is 16.1 Å². The summed E-state index contributed by atoms with van der Waals surface area (Å²) in [6.07, 6.45) is -0.230. The van der Waals surface area contributed by atoms with Gasteiger partial charge < -0.3 is 9.30 Å². The van der Waals surface area contributed by atoms with Crippen LogP contribution in [0.3, 0.4) is 0 Å². The highest BCUT2D eigenvalue weighted by Crippen LogP contribution is 2.29. The fraction of sp³-hybridized carbons (Fsp3) is 0.269. The van der Waals surface area contributed by atoms with Crippen LogP contribution in [-0.2, 0) is 27.7 Å². The Balaban J connectivity index is 1.65. The summed E-state index contributed by atoms with van der Waals surface area (Å²) in [7, 11) is -4.10. The molecule has 182 valence electrons. The number of rotatable bonds is 7. The zero-order chi connectivity index (χ0) is 25.2. The maximum atomic E-state index is 12.8. The quantitative estimate of drug-likeness (QED) is 0.401. The van der Waals surface area contributed by atoms with E-state index in [0.29, 0.717) is 12.1 Å². The van der Waals surface area contributed by atoms with E-state index in [9.17, 15) is 13.2 Å². The number of sulfonamides is 1. The van der Waals surface area contributed by atoms with E-state index in [1.54, 1.807) is 25.1 Å². The molecule has 2 heterocycles. The van der Waals surface area contributed by atoms with Gasteiger partial charge in [0.15, 0.2) is 5.82 Å². The molecule has 2 aromatic rings. The lowest BCUT2D eigenvalue weighted by molar-refractivity contribution is 0.158. The van der Waals surface area contributed by atoms with Crippen LogP contribution in [0.4, 0.5) is 4.79 Å². The first kappa shape index (κ1) is 24.4. The van der Waals surface area contributed by atoms with Crippen LogP contribution in [0.15, 0.2) is 59.5 Å². The Morgan fingerprint density at radius 2 is 1.74 bits per heavy atom. The molecule has 1 amide bonds. The maximum Gasteiger partial charge on any atom is 0.421 e. The van der Waals surface area contributed by atoms with Crippen molar-refractivity contribution in [2.24, 2.45) is 0 Å². The molecule has 4 rings (SSSR count). The Hall–Kier alpha value is -3.72. The van der Waals surface area contributed by atoms with Gasteiger partial charge in [0.05, 0.1) is 11.5 Å². The van der Waals surface area contributed by atoms with Crippen LogP contribution in [0.25, 0.3) is 22.6 Å². The number of aromatic nitrogens is 3. The third kappa shape index (κ3) is 5.05. The van der Waals surface area contributed by atoms with Gasteiger partial charge in [-0.25, -0.2) is 27.9 Å². The molecule has 0 bridgehead atoms. The molecule has 0 saturated heterocycles. The standard InChI is InChI=1S/C26H28N4O4S/c1-5-23-27-24-17(3)15-18(4)30(25(24)28-23)16-19-11-13-20(14-12-19)21-9-7-8-10-22(21)35(32,33)29-26(31)34-6-2/h7-15H,5-6,16H2,1-4H3,(H,29,31). The van der Waals surface area contributed by atoms with Crippen LogP contribution < -0.4 is 4.72 Å². The topological polar surface area (TPSA) is 103 Å². The SMILES string of the molecule is CCOC(=O)NS(=O)(=O)c1ccccc1-c1ccc(Cn2c(C)cc(C)c3nc(CC)nc2-3)cc1. The Bertz CT molecular complexity index is 1440. The second-order valence-electron chi connectivity index (χ2n) is 8.24. The van der Waals surface area contributed by atoms with Gasteiger partial charge in [-0.1, -0.05) is 49.4 Å². The van der Waals surface area contributed by atoms with E-state index >= 15 is 0 Å². The van der Waals surface area contributed by atoms with Gasteiger partial charge in [0, 0.05) is 24.2 Å². The minimum absolute atomic E-state index is 0.00502. The molecule has 2 aromatic carbocycles. The van der Waals surface area contributed by atoms with E-state index in [0.717, 1.165) is 46.1 Å². The third-order valence-electron chi connectivity index (χ3n) is 5.76. The number of hydrogen-bond donors (Lipinski definition) is 1. The Morgan fingerprint density at radius 1 is 1.03 bits per heavy atom. The van der Waals surface area contributed by atoms with Crippen molar-refractivity contribution in [2.75, 3.05) is 6.61 Å². The highest BCUT2D eigenvalue weighted by atomic mass is 32.2. The molecule has 0 spiro atoms. The van der Waals surface area contributed by atoms with Crippen LogP contribution in [0.2, 0.25) is 0 Å². The van der Waals surface area contributed by atoms with Crippen LogP contribution in [0.1, 0.15) is 36.5 Å². The van der Waals surface area contributed by atoms with E-state index in [2.05, 4.69) is 22.5 Å². The van der Waals surface area contributed by atoms with Gasteiger partial charge in [0.25, 0.3) is 10.0 Å². The zero-order valence-electron chi connectivity index (χ0n) is 20.2. The molecule has 0 fully saturated rings. The second-order valence-corrected chi connectivity index (χ2v) is 9.89. The summed E-state index contributed by atoms with van der Waals surface area (Å²) in [5.41, 5.74) is 5.35. The number of nitrogens with one attached hydrogen (secondary N) is 1. The molecule has 0 aliphatic carbocycles. The van der Waals surface area contributed by atoms with Crippen molar-refractivity contribution in [3.05, 3.63) is 77.2 Å². The van der Waals surface area contributed by atoms with E-state index < -0.39 is 16.1 Å². The highest BCUT2D eigenvalue weighted by Gasteiger charge is 2.22. The van der Waals surface area contributed by atoms with Gasteiger partial charge >= 0.3 is 6.09 Å². The van der Waals surface area contributed by atoms with E-state index in [4.69, 9.17) is 9.72 Å². The van der Waals surface area contributed by atoms with Crippen LogP contribution in [0.5, 0.6) is 0 Å². The number of benzene rings is 2. The Morgan fingerprint density at radius 3 is 2.43 bits per heavy atom. The maximum absolute atomic E-state index is 12.8. The fourth-order valence-corrected chi connectivity index (χ4v) is 5.17. The predicted molar refractivity (Wildman–Crippen MR) is 134 cm³/mol. The lowest BCUT2D eigenvalue weighted by Crippen LogP contribution is -2.31. The molecule has 2 aliphatic rings. The smallest absolute Gasteiger partial charge is 0.421 e. The molecule has 1 N–H and O–H groups in total. The van der Waals surface area contributed by atoms with Crippen molar-refractivity contribution in [3.8, 4) is 22.6 Å². The first-order valence-electron chi connectivity index (χ1n) is 11.4. The van der Waals surface area contributed by atoms with Crippen molar-refractivity contribution in [3.63, 3.8) is 0 Å². The number of hydrogen-bond acceptors (Lipinski definition) is 6. The number of ether oxygens (including phenoxy) is 1.